The van der Waals surface area contributed by atoms with Gasteiger partial charge in [-0.15, -0.1) is 0 Å². The lowest BCUT2D eigenvalue weighted by molar-refractivity contribution is 0.453. The highest BCUT2D eigenvalue weighted by atomic mass is 19.1. The second-order valence-corrected chi connectivity index (χ2v) is 4.23. The quantitative estimate of drug-likeness (QED) is 0.657. The lowest BCUT2D eigenvalue weighted by Gasteiger charge is -2.12. The molecule has 98 valence electrons. The van der Waals surface area contributed by atoms with Crippen molar-refractivity contribution < 1.29 is 9.13 Å². The van der Waals surface area contributed by atoms with Crippen molar-refractivity contribution in [2.45, 2.75) is 13.8 Å². The first-order valence-electron chi connectivity index (χ1n) is 5.73. The largest absolute Gasteiger partial charge is 0.438 e. The summed E-state index contributed by atoms with van der Waals surface area (Å²) >= 11 is 0. The molecular weight excluding hydrogens is 245 g/mol. The summed E-state index contributed by atoms with van der Waals surface area (Å²) < 4.78 is 18.8. The molecule has 3 N–H and O–H groups in total. The van der Waals surface area contributed by atoms with E-state index in [1.54, 1.807) is 25.3 Å². The maximum Gasteiger partial charge on any atom is 0.230 e. The van der Waals surface area contributed by atoms with E-state index in [2.05, 4.69) is 4.98 Å². The predicted molar refractivity (Wildman–Crippen MR) is 71.2 cm³/mol. The Morgan fingerprint density at radius 3 is 2.68 bits per heavy atom. The number of amidine groups is 1. The molecule has 0 bridgehead atoms. The molecule has 1 aromatic heterocycles. The van der Waals surface area contributed by atoms with Crippen LogP contribution < -0.4 is 10.5 Å². The number of nitrogens with one attached hydrogen (secondary N) is 1. The van der Waals surface area contributed by atoms with Crippen LogP contribution in [0.15, 0.2) is 30.5 Å². The molecule has 0 atom stereocenters. The summed E-state index contributed by atoms with van der Waals surface area (Å²) in [6.07, 6.45) is 1.56. The average molecular weight is 259 g/mol. The molecule has 1 heterocycles. The molecule has 2 rings (SSSR count). The number of nitrogen functional groups attached to an aromatic ring is 1. The van der Waals surface area contributed by atoms with Gasteiger partial charge in [-0.2, -0.15) is 0 Å². The SMILES string of the molecule is Cc1ccc(F)cc1Oc1nccc(C)c1C(=N)N. The zero-order chi connectivity index (χ0) is 14.0. The van der Waals surface area contributed by atoms with Gasteiger partial charge in [-0.3, -0.25) is 5.41 Å². The van der Waals surface area contributed by atoms with Gasteiger partial charge in [0.05, 0.1) is 5.56 Å². The summed E-state index contributed by atoms with van der Waals surface area (Å²) in [5, 5.41) is 7.56. The van der Waals surface area contributed by atoms with E-state index in [0.717, 1.165) is 11.1 Å². The van der Waals surface area contributed by atoms with E-state index in [-0.39, 0.29) is 11.7 Å². The molecule has 5 heteroatoms. The van der Waals surface area contributed by atoms with Crippen LogP contribution in [0.25, 0.3) is 0 Å². The van der Waals surface area contributed by atoms with Crippen LogP contribution in [-0.4, -0.2) is 10.8 Å². The number of nitrogens with zero attached hydrogens (tertiary/aromatic N) is 1. The fourth-order valence-electron chi connectivity index (χ4n) is 1.73. The topological polar surface area (TPSA) is 72.0 Å². The molecule has 0 amide bonds. The van der Waals surface area contributed by atoms with Crippen molar-refractivity contribution in [3.8, 4) is 11.6 Å². The number of hydrogen-bond donors (Lipinski definition) is 2. The molecular formula is C14H14FN3O. The number of hydrogen-bond acceptors (Lipinski definition) is 3. The van der Waals surface area contributed by atoms with Gasteiger partial charge in [-0.1, -0.05) is 6.07 Å². The second-order valence-electron chi connectivity index (χ2n) is 4.23. The first-order chi connectivity index (χ1) is 8.99. The van der Waals surface area contributed by atoms with Crippen molar-refractivity contribution in [1.82, 2.24) is 4.98 Å². The third-order valence-corrected chi connectivity index (χ3v) is 2.75. The van der Waals surface area contributed by atoms with Crippen LogP contribution in [0.5, 0.6) is 11.6 Å². The zero-order valence-electron chi connectivity index (χ0n) is 10.7. The Balaban J connectivity index is 2.46. The van der Waals surface area contributed by atoms with E-state index in [1.807, 2.05) is 6.92 Å². The average Bonchev–Trinajstić information content (AvgIpc) is 2.33. The summed E-state index contributed by atoms with van der Waals surface area (Å²) in [4.78, 5) is 4.06. The number of aryl methyl sites for hydroxylation is 2. The Hall–Kier alpha value is -2.43. The van der Waals surface area contributed by atoms with Gasteiger partial charge in [0.1, 0.15) is 17.4 Å². The van der Waals surface area contributed by atoms with Crippen molar-refractivity contribution in [3.63, 3.8) is 0 Å². The van der Waals surface area contributed by atoms with Crippen molar-refractivity contribution in [2.75, 3.05) is 0 Å². The van der Waals surface area contributed by atoms with E-state index in [1.165, 1.54) is 12.1 Å². The van der Waals surface area contributed by atoms with Crippen LogP contribution in [0.3, 0.4) is 0 Å². The Labute approximate surface area is 110 Å². The monoisotopic (exact) mass is 259 g/mol. The molecule has 4 nitrogen and oxygen atoms in total. The van der Waals surface area contributed by atoms with Gasteiger partial charge >= 0.3 is 0 Å². The summed E-state index contributed by atoms with van der Waals surface area (Å²) in [7, 11) is 0. The number of rotatable bonds is 3. The van der Waals surface area contributed by atoms with Crippen LogP contribution in [0.1, 0.15) is 16.7 Å². The first kappa shape index (κ1) is 13.0. The van der Waals surface area contributed by atoms with Gasteiger partial charge in [0.25, 0.3) is 0 Å². The lowest BCUT2D eigenvalue weighted by atomic mass is 10.1. The number of ether oxygens (including phenoxy) is 1. The molecule has 0 aliphatic carbocycles. The van der Waals surface area contributed by atoms with Gasteiger partial charge in [0.15, 0.2) is 0 Å². The van der Waals surface area contributed by atoms with E-state index < -0.39 is 5.82 Å². The van der Waals surface area contributed by atoms with Crippen molar-refractivity contribution in [2.24, 2.45) is 5.73 Å². The van der Waals surface area contributed by atoms with E-state index in [4.69, 9.17) is 15.9 Å². The highest BCUT2D eigenvalue weighted by Crippen LogP contribution is 2.27. The number of halogens is 1. The van der Waals surface area contributed by atoms with Crippen molar-refractivity contribution in [3.05, 3.63) is 53.0 Å². The highest BCUT2D eigenvalue weighted by Gasteiger charge is 2.13. The van der Waals surface area contributed by atoms with E-state index in [0.29, 0.717) is 11.3 Å². The Bertz CT molecular complexity index is 641. The van der Waals surface area contributed by atoms with Crippen LogP contribution in [0.4, 0.5) is 4.39 Å². The molecule has 0 saturated heterocycles. The zero-order valence-corrected chi connectivity index (χ0v) is 10.7. The summed E-state index contributed by atoms with van der Waals surface area (Å²) in [5.41, 5.74) is 7.51. The Morgan fingerprint density at radius 1 is 1.26 bits per heavy atom. The summed E-state index contributed by atoms with van der Waals surface area (Å²) in [5.74, 6) is 0.0501. The molecule has 0 radical (unpaired) electrons. The van der Waals surface area contributed by atoms with Gasteiger partial charge in [-0.05, 0) is 37.1 Å². The van der Waals surface area contributed by atoms with Crippen LogP contribution >= 0.6 is 0 Å². The maximum absolute atomic E-state index is 13.2. The predicted octanol–water partition coefficient (Wildman–Crippen LogP) is 2.91. The number of nitrogens with two attached hydrogens (primary N) is 1. The van der Waals surface area contributed by atoms with Crippen LogP contribution in [0, 0.1) is 25.1 Å². The molecule has 0 aliphatic rings. The molecule has 19 heavy (non-hydrogen) atoms. The Morgan fingerprint density at radius 2 is 2.00 bits per heavy atom. The van der Waals surface area contributed by atoms with Gasteiger partial charge in [0.2, 0.25) is 5.88 Å². The fourth-order valence-corrected chi connectivity index (χ4v) is 1.73. The van der Waals surface area contributed by atoms with Gasteiger partial charge < -0.3 is 10.5 Å². The maximum atomic E-state index is 13.2. The minimum absolute atomic E-state index is 0.130. The summed E-state index contributed by atoms with van der Waals surface area (Å²) in [6.45, 7) is 3.61. The fraction of sp³-hybridized carbons (Fsp3) is 0.143. The number of benzene rings is 1. The summed E-state index contributed by atoms with van der Waals surface area (Å²) in [6, 6.07) is 6.00. The molecule has 0 unspecified atom stereocenters. The smallest absolute Gasteiger partial charge is 0.230 e. The van der Waals surface area contributed by atoms with Crippen molar-refractivity contribution >= 4 is 5.84 Å². The number of pyridine rings is 1. The highest BCUT2D eigenvalue weighted by molar-refractivity contribution is 5.98. The molecule has 0 saturated carbocycles. The standard InChI is InChI=1S/C14H14FN3O/c1-8-3-4-10(15)7-11(8)19-14-12(13(16)17)9(2)5-6-18-14/h3-7H,1-2H3,(H3,16,17). The first-order valence-corrected chi connectivity index (χ1v) is 5.73. The van der Waals surface area contributed by atoms with Gasteiger partial charge in [0, 0.05) is 12.3 Å². The van der Waals surface area contributed by atoms with Gasteiger partial charge in [-0.25, -0.2) is 9.37 Å². The van der Waals surface area contributed by atoms with Crippen molar-refractivity contribution in [1.29, 1.82) is 5.41 Å². The third-order valence-electron chi connectivity index (χ3n) is 2.75. The van der Waals surface area contributed by atoms with Crippen LogP contribution in [-0.2, 0) is 0 Å². The molecule has 0 spiro atoms. The second kappa shape index (κ2) is 5.06. The van der Waals surface area contributed by atoms with E-state index >= 15 is 0 Å². The lowest BCUT2D eigenvalue weighted by Crippen LogP contribution is -2.15. The van der Waals surface area contributed by atoms with Crippen LogP contribution in [0.2, 0.25) is 0 Å². The number of aromatic nitrogens is 1. The molecule has 0 fully saturated rings. The Kier molecular flexibility index (Phi) is 3.46. The minimum Gasteiger partial charge on any atom is -0.438 e. The normalized spacial score (nSPS) is 10.3. The molecule has 1 aromatic carbocycles. The third kappa shape index (κ3) is 2.70. The minimum atomic E-state index is -0.391. The molecule has 0 aliphatic heterocycles. The van der Waals surface area contributed by atoms with E-state index in [9.17, 15) is 4.39 Å². The molecule has 2 aromatic rings.